The van der Waals surface area contributed by atoms with Crippen LogP contribution in [0.5, 0.6) is 0 Å². The fraction of sp³-hybridized carbons (Fsp3) is 0.273. The van der Waals surface area contributed by atoms with Gasteiger partial charge >= 0.3 is 6.18 Å². The first kappa shape index (κ1) is 15.4. The van der Waals surface area contributed by atoms with Crippen LogP contribution in [0, 0.1) is 6.92 Å². The van der Waals surface area contributed by atoms with Crippen LogP contribution in [0.25, 0.3) is 0 Å². The van der Waals surface area contributed by atoms with Crippen LogP contribution in [-0.4, -0.2) is 18.4 Å². The highest BCUT2D eigenvalue weighted by Crippen LogP contribution is 2.27. The molecule has 2 aromatic rings. The molecule has 0 atom stereocenters. The van der Waals surface area contributed by atoms with Gasteiger partial charge in [0.05, 0.1) is 12.7 Å². The zero-order valence-electron chi connectivity index (χ0n) is 10.7. The Kier molecular flexibility index (Phi) is 4.01. The SMILES string of the molecule is Cc1cnc(CNS(=O)(=O)c2ccc(C(F)(F)F)nc2)o1. The number of oxazole rings is 1. The molecule has 114 valence electrons. The van der Waals surface area contributed by atoms with Gasteiger partial charge in [-0.2, -0.15) is 13.2 Å². The third-order valence-electron chi connectivity index (χ3n) is 2.42. The highest BCUT2D eigenvalue weighted by Gasteiger charge is 2.32. The van der Waals surface area contributed by atoms with E-state index in [0.717, 1.165) is 6.07 Å². The summed E-state index contributed by atoms with van der Waals surface area (Å²) in [7, 11) is -3.99. The summed E-state index contributed by atoms with van der Waals surface area (Å²) in [6.45, 7) is 1.43. The molecule has 0 amide bonds. The molecule has 0 radical (unpaired) electrons. The standard InChI is InChI=1S/C11H10F3N3O3S/c1-7-4-16-10(20-7)6-17-21(18,19)8-2-3-9(15-5-8)11(12,13)14/h2-5,17H,6H2,1H3. The molecule has 2 heterocycles. The van der Waals surface area contributed by atoms with Crippen molar-refractivity contribution in [2.45, 2.75) is 24.5 Å². The maximum Gasteiger partial charge on any atom is 0.433 e. The lowest BCUT2D eigenvalue weighted by Gasteiger charge is -2.07. The molecule has 0 saturated heterocycles. The predicted molar refractivity (Wildman–Crippen MR) is 64.5 cm³/mol. The van der Waals surface area contributed by atoms with Gasteiger partial charge in [-0.05, 0) is 19.1 Å². The Balaban J connectivity index is 2.12. The molecule has 21 heavy (non-hydrogen) atoms. The number of aromatic nitrogens is 2. The second kappa shape index (κ2) is 5.45. The van der Waals surface area contributed by atoms with Crippen LogP contribution >= 0.6 is 0 Å². The van der Waals surface area contributed by atoms with E-state index in [1.54, 1.807) is 6.92 Å². The van der Waals surface area contributed by atoms with Crippen molar-refractivity contribution in [3.05, 3.63) is 41.9 Å². The molecule has 0 fully saturated rings. The van der Waals surface area contributed by atoms with Gasteiger partial charge in [-0.3, -0.25) is 4.98 Å². The van der Waals surface area contributed by atoms with Crippen LogP contribution in [-0.2, 0) is 22.7 Å². The molecule has 6 nitrogen and oxygen atoms in total. The number of nitrogens with zero attached hydrogens (tertiary/aromatic N) is 2. The topological polar surface area (TPSA) is 85.1 Å². The molecule has 0 spiro atoms. The number of nitrogens with one attached hydrogen (secondary N) is 1. The van der Waals surface area contributed by atoms with Gasteiger partial charge in [-0.15, -0.1) is 0 Å². The van der Waals surface area contributed by atoms with Gasteiger partial charge in [0.25, 0.3) is 0 Å². The third kappa shape index (κ3) is 3.79. The molecule has 0 aliphatic rings. The van der Waals surface area contributed by atoms with E-state index in [1.165, 1.54) is 6.20 Å². The van der Waals surface area contributed by atoms with Crippen molar-refractivity contribution in [2.75, 3.05) is 0 Å². The quantitative estimate of drug-likeness (QED) is 0.929. The molecule has 2 rings (SSSR count). The van der Waals surface area contributed by atoms with Crippen LogP contribution in [0.15, 0.2) is 33.8 Å². The summed E-state index contributed by atoms with van der Waals surface area (Å²) in [6, 6.07) is 1.43. The van der Waals surface area contributed by atoms with E-state index in [0.29, 0.717) is 18.0 Å². The van der Waals surface area contributed by atoms with Crippen molar-refractivity contribution in [2.24, 2.45) is 0 Å². The van der Waals surface area contributed by atoms with Crippen LogP contribution in [0.1, 0.15) is 17.3 Å². The van der Waals surface area contributed by atoms with Gasteiger partial charge in [0.2, 0.25) is 15.9 Å². The van der Waals surface area contributed by atoms with Crippen LogP contribution < -0.4 is 4.72 Å². The molecule has 1 N–H and O–H groups in total. The highest BCUT2D eigenvalue weighted by molar-refractivity contribution is 7.89. The first-order chi connectivity index (χ1) is 9.68. The molecule has 0 aliphatic carbocycles. The number of sulfonamides is 1. The zero-order chi connectivity index (χ0) is 15.7. The summed E-state index contributed by atoms with van der Waals surface area (Å²) in [5, 5.41) is 0. The fourth-order valence-electron chi connectivity index (χ4n) is 1.43. The minimum Gasteiger partial charge on any atom is -0.445 e. The van der Waals surface area contributed by atoms with E-state index in [9.17, 15) is 21.6 Å². The number of rotatable bonds is 4. The van der Waals surface area contributed by atoms with Gasteiger partial charge in [0.15, 0.2) is 0 Å². The van der Waals surface area contributed by atoms with Crippen LogP contribution in [0.2, 0.25) is 0 Å². The smallest absolute Gasteiger partial charge is 0.433 e. The van der Waals surface area contributed by atoms with E-state index in [-0.39, 0.29) is 17.3 Å². The zero-order valence-corrected chi connectivity index (χ0v) is 11.5. The lowest BCUT2D eigenvalue weighted by atomic mass is 10.3. The number of alkyl halides is 3. The van der Waals surface area contributed by atoms with Crippen LogP contribution in [0.4, 0.5) is 13.2 Å². The van der Waals surface area contributed by atoms with Gasteiger partial charge in [-0.1, -0.05) is 0 Å². The fourth-order valence-corrected chi connectivity index (χ4v) is 2.35. The predicted octanol–water partition coefficient (Wildman–Crippen LogP) is 1.88. The second-order valence-electron chi connectivity index (χ2n) is 4.07. The van der Waals surface area contributed by atoms with Crippen molar-refractivity contribution < 1.29 is 26.0 Å². The number of hydrogen-bond acceptors (Lipinski definition) is 5. The lowest BCUT2D eigenvalue weighted by molar-refractivity contribution is -0.141. The van der Waals surface area contributed by atoms with E-state index >= 15 is 0 Å². The van der Waals surface area contributed by atoms with Gasteiger partial charge < -0.3 is 4.42 Å². The lowest BCUT2D eigenvalue weighted by Crippen LogP contribution is -2.23. The summed E-state index contributed by atoms with van der Waals surface area (Å²) >= 11 is 0. The monoisotopic (exact) mass is 321 g/mol. The van der Waals surface area contributed by atoms with E-state index < -0.39 is 21.9 Å². The number of pyridine rings is 1. The summed E-state index contributed by atoms with van der Waals surface area (Å²) in [4.78, 5) is 6.52. The normalized spacial score (nSPS) is 12.6. The molecule has 10 heteroatoms. The Morgan fingerprint density at radius 1 is 1.24 bits per heavy atom. The maximum absolute atomic E-state index is 12.3. The molecule has 0 bridgehead atoms. The second-order valence-corrected chi connectivity index (χ2v) is 5.83. The first-order valence-electron chi connectivity index (χ1n) is 5.63. The molecular formula is C11H10F3N3O3S. The van der Waals surface area contributed by atoms with Gasteiger partial charge in [0, 0.05) is 6.20 Å². The van der Waals surface area contributed by atoms with Crippen molar-refractivity contribution in [1.29, 1.82) is 0 Å². The summed E-state index contributed by atoms with van der Waals surface area (Å²) < 4.78 is 68.0. The van der Waals surface area contributed by atoms with E-state index in [4.69, 9.17) is 4.42 Å². The molecule has 0 aliphatic heterocycles. The first-order valence-corrected chi connectivity index (χ1v) is 7.11. The number of aryl methyl sites for hydroxylation is 1. The molecule has 0 aromatic carbocycles. The van der Waals surface area contributed by atoms with Gasteiger partial charge in [0.1, 0.15) is 16.3 Å². The maximum atomic E-state index is 12.3. The van der Waals surface area contributed by atoms with Crippen molar-refractivity contribution >= 4 is 10.0 Å². The third-order valence-corrected chi connectivity index (χ3v) is 3.81. The Labute approximate surface area is 118 Å². The Morgan fingerprint density at radius 3 is 2.43 bits per heavy atom. The molecule has 2 aromatic heterocycles. The van der Waals surface area contributed by atoms with Crippen LogP contribution in [0.3, 0.4) is 0 Å². The summed E-state index contributed by atoms with van der Waals surface area (Å²) in [5.41, 5.74) is -1.16. The van der Waals surface area contributed by atoms with Crippen molar-refractivity contribution in [1.82, 2.24) is 14.7 Å². The van der Waals surface area contributed by atoms with E-state index in [1.807, 2.05) is 0 Å². The summed E-state index contributed by atoms with van der Waals surface area (Å²) in [5.74, 6) is 0.663. The summed E-state index contributed by atoms with van der Waals surface area (Å²) in [6.07, 6.45) is -2.55. The van der Waals surface area contributed by atoms with Gasteiger partial charge in [-0.25, -0.2) is 18.1 Å². The highest BCUT2D eigenvalue weighted by atomic mass is 32.2. The Morgan fingerprint density at radius 2 is 1.95 bits per heavy atom. The van der Waals surface area contributed by atoms with Crippen molar-refractivity contribution in [3.63, 3.8) is 0 Å². The largest absolute Gasteiger partial charge is 0.445 e. The molecule has 0 unspecified atom stereocenters. The minimum atomic E-state index is -4.62. The van der Waals surface area contributed by atoms with E-state index in [2.05, 4.69) is 14.7 Å². The average molecular weight is 321 g/mol. The van der Waals surface area contributed by atoms with Crippen molar-refractivity contribution in [3.8, 4) is 0 Å². The Bertz CT molecular complexity index is 723. The number of halogens is 3. The molecular weight excluding hydrogens is 311 g/mol. The minimum absolute atomic E-state index is 0.149. The Hall–Kier alpha value is -1.94. The average Bonchev–Trinajstić information content (AvgIpc) is 2.82. The number of hydrogen-bond donors (Lipinski definition) is 1. The molecule has 0 saturated carbocycles.